The third-order valence-electron chi connectivity index (χ3n) is 1.92. The Labute approximate surface area is 91.7 Å². The lowest BCUT2D eigenvalue weighted by molar-refractivity contribution is -0.115. The Morgan fingerprint density at radius 3 is 2.86 bits per heavy atom. The van der Waals surface area contributed by atoms with Crippen LogP contribution >= 0.6 is 15.9 Å². The first-order valence-corrected chi connectivity index (χ1v) is 5.37. The van der Waals surface area contributed by atoms with Crippen molar-refractivity contribution in [2.24, 2.45) is 0 Å². The monoisotopic (exact) mass is 251 g/mol. The molecule has 0 bridgehead atoms. The molecule has 0 atom stereocenters. The lowest BCUT2D eigenvalue weighted by Gasteiger charge is -2.02. The number of benzene rings is 1. The number of carbonyl (C=O) groups excluding carboxylic acids is 1. The second-order valence-electron chi connectivity index (χ2n) is 3.12. The fourth-order valence-corrected chi connectivity index (χ4v) is 1.41. The summed E-state index contributed by atoms with van der Waals surface area (Å²) in [5, 5.41) is 9.19. The minimum Gasteiger partial charge on any atom is -0.298 e. The molecule has 0 heterocycles. The van der Waals surface area contributed by atoms with E-state index in [9.17, 15) is 4.79 Å². The van der Waals surface area contributed by atoms with E-state index in [1.54, 1.807) is 6.07 Å². The Morgan fingerprint density at radius 2 is 2.29 bits per heavy atom. The van der Waals surface area contributed by atoms with E-state index in [0.29, 0.717) is 17.3 Å². The van der Waals surface area contributed by atoms with Gasteiger partial charge in [-0.25, -0.2) is 0 Å². The van der Waals surface area contributed by atoms with Crippen LogP contribution in [0.5, 0.6) is 0 Å². The Kier molecular flexibility index (Phi) is 3.84. The van der Waals surface area contributed by atoms with E-state index < -0.39 is 0 Å². The molecule has 0 aliphatic heterocycles. The van der Waals surface area contributed by atoms with Gasteiger partial charge in [0.25, 0.3) is 0 Å². The van der Waals surface area contributed by atoms with E-state index in [1.165, 1.54) is 0 Å². The van der Waals surface area contributed by atoms with E-state index in [1.807, 2.05) is 19.1 Å². The second kappa shape index (κ2) is 4.92. The molecule has 0 aliphatic rings. The minimum atomic E-state index is 0.0883. The molecule has 1 aromatic carbocycles. The zero-order valence-corrected chi connectivity index (χ0v) is 9.47. The SMILES string of the molecule is Cc1ccc(CC(=O)CBr)c(C#N)c1. The molecule has 0 amide bonds. The second-order valence-corrected chi connectivity index (χ2v) is 3.68. The number of hydrogen-bond donors (Lipinski definition) is 0. The molecule has 0 aliphatic carbocycles. The molecule has 3 heteroatoms. The van der Waals surface area contributed by atoms with Crippen molar-refractivity contribution in [1.29, 1.82) is 5.26 Å². The van der Waals surface area contributed by atoms with Crippen molar-refractivity contribution >= 4 is 21.7 Å². The van der Waals surface area contributed by atoms with Crippen LogP contribution in [-0.4, -0.2) is 11.1 Å². The number of halogens is 1. The molecule has 0 unspecified atom stereocenters. The number of carbonyl (C=O) groups is 1. The van der Waals surface area contributed by atoms with Crippen molar-refractivity contribution in [3.8, 4) is 6.07 Å². The molecular weight excluding hydrogens is 242 g/mol. The maximum absolute atomic E-state index is 11.2. The first-order valence-electron chi connectivity index (χ1n) is 4.24. The van der Waals surface area contributed by atoms with E-state index in [2.05, 4.69) is 22.0 Å². The molecule has 1 aromatic rings. The molecule has 0 spiro atoms. The van der Waals surface area contributed by atoms with E-state index in [4.69, 9.17) is 5.26 Å². The summed E-state index contributed by atoms with van der Waals surface area (Å²) in [6.45, 7) is 1.93. The van der Waals surface area contributed by atoms with Crippen molar-refractivity contribution in [3.05, 3.63) is 34.9 Å². The third-order valence-corrected chi connectivity index (χ3v) is 2.55. The average Bonchev–Trinajstić information content (AvgIpc) is 2.20. The Bertz CT molecular complexity index is 393. The van der Waals surface area contributed by atoms with Crippen LogP contribution in [0.25, 0.3) is 0 Å². The third kappa shape index (κ3) is 2.68. The summed E-state index contributed by atoms with van der Waals surface area (Å²) in [6, 6.07) is 7.66. The number of nitrogens with zero attached hydrogens (tertiary/aromatic N) is 1. The molecule has 0 fully saturated rings. The highest BCUT2D eigenvalue weighted by atomic mass is 79.9. The van der Waals surface area contributed by atoms with Crippen molar-refractivity contribution in [2.75, 3.05) is 5.33 Å². The van der Waals surface area contributed by atoms with Gasteiger partial charge in [-0.3, -0.25) is 4.79 Å². The minimum absolute atomic E-state index is 0.0883. The Hall–Kier alpha value is -1.14. The number of Topliss-reactive ketones (excluding diaryl/α,β-unsaturated/α-hetero) is 1. The lowest BCUT2D eigenvalue weighted by Crippen LogP contribution is -2.05. The first-order chi connectivity index (χ1) is 6.67. The summed E-state index contributed by atoms with van der Waals surface area (Å²) in [7, 11) is 0. The lowest BCUT2D eigenvalue weighted by atomic mass is 10.0. The van der Waals surface area contributed by atoms with Crippen LogP contribution in [0, 0.1) is 18.3 Å². The van der Waals surface area contributed by atoms with Crippen LogP contribution in [0.1, 0.15) is 16.7 Å². The van der Waals surface area contributed by atoms with Gasteiger partial charge in [-0.15, -0.1) is 0 Å². The first kappa shape index (κ1) is 10.9. The van der Waals surface area contributed by atoms with E-state index in [0.717, 1.165) is 11.1 Å². The fourth-order valence-electron chi connectivity index (χ4n) is 1.21. The summed E-state index contributed by atoms with van der Waals surface area (Å²) < 4.78 is 0. The van der Waals surface area contributed by atoms with Gasteiger partial charge in [-0.05, 0) is 24.1 Å². The predicted octanol–water partition coefficient (Wildman–Crippen LogP) is 2.37. The number of nitriles is 1. The van der Waals surface area contributed by atoms with Gasteiger partial charge in [0, 0.05) is 6.42 Å². The molecule has 0 radical (unpaired) electrons. The molecule has 0 N–H and O–H groups in total. The topological polar surface area (TPSA) is 40.9 Å². The number of rotatable bonds is 3. The fraction of sp³-hybridized carbons (Fsp3) is 0.273. The van der Waals surface area contributed by atoms with Gasteiger partial charge in [0.1, 0.15) is 5.78 Å². The van der Waals surface area contributed by atoms with Crippen LogP contribution in [0.3, 0.4) is 0 Å². The molecule has 1 rings (SSSR count). The molecule has 0 saturated carbocycles. The highest BCUT2D eigenvalue weighted by molar-refractivity contribution is 9.09. The van der Waals surface area contributed by atoms with Crippen molar-refractivity contribution in [3.63, 3.8) is 0 Å². The highest BCUT2D eigenvalue weighted by Gasteiger charge is 2.06. The largest absolute Gasteiger partial charge is 0.298 e. The molecule has 2 nitrogen and oxygen atoms in total. The van der Waals surface area contributed by atoms with Crippen molar-refractivity contribution in [2.45, 2.75) is 13.3 Å². The Morgan fingerprint density at radius 1 is 1.57 bits per heavy atom. The average molecular weight is 252 g/mol. The van der Waals surface area contributed by atoms with Gasteiger partial charge >= 0.3 is 0 Å². The van der Waals surface area contributed by atoms with Crippen LogP contribution in [0.15, 0.2) is 18.2 Å². The molecule has 72 valence electrons. The van der Waals surface area contributed by atoms with Gasteiger partial charge in [0.2, 0.25) is 0 Å². The maximum atomic E-state index is 11.2. The summed E-state index contributed by atoms with van der Waals surface area (Å²) in [5.74, 6) is 0.0883. The number of ketones is 1. The smallest absolute Gasteiger partial charge is 0.147 e. The summed E-state index contributed by atoms with van der Waals surface area (Å²) >= 11 is 3.10. The molecule has 14 heavy (non-hydrogen) atoms. The quantitative estimate of drug-likeness (QED) is 0.775. The highest BCUT2D eigenvalue weighted by Crippen LogP contribution is 2.12. The number of aryl methyl sites for hydroxylation is 1. The van der Waals surface area contributed by atoms with Crippen molar-refractivity contribution < 1.29 is 4.79 Å². The number of alkyl halides is 1. The molecule has 0 aromatic heterocycles. The van der Waals surface area contributed by atoms with Gasteiger partial charge in [0.15, 0.2) is 0 Å². The van der Waals surface area contributed by atoms with Gasteiger partial charge in [-0.2, -0.15) is 5.26 Å². The van der Waals surface area contributed by atoms with E-state index >= 15 is 0 Å². The zero-order valence-electron chi connectivity index (χ0n) is 7.88. The van der Waals surface area contributed by atoms with Gasteiger partial charge < -0.3 is 0 Å². The van der Waals surface area contributed by atoms with Crippen LogP contribution in [0.4, 0.5) is 0 Å². The standard InChI is InChI=1S/C11H10BrNO/c1-8-2-3-9(5-11(14)6-12)10(4-8)7-13/h2-4H,5-6H2,1H3. The van der Waals surface area contributed by atoms with Crippen molar-refractivity contribution in [1.82, 2.24) is 0 Å². The number of hydrogen-bond acceptors (Lipinski definition) is 2. The van der Waals surface area contributed by atoms with Crippen LogP contribution < -0.4 is 0 Å². The van der Waals surface area contributed by atoms with E-state index in [-0.39, 0.29) is 5.78 Å². The van der Waals surface area contributed by atoms with Gasteiger partial charge in [0.05, 0.1) is 17.0 Å². The van der Waals surface area contributed by atoms with Crippen LogP contribution in [0.2, 0.25) is 0 Å². The predicted molar refractivity (Wildman–Crippen MR) is 58.4 cm³/mol. The van der Waals surface area contributed by atoms with Crippen LogP contribution in [-0.2, 0) is 11.2 Å². The Balaban J connectivity index is 2.98. The molecular formula is C11H10BrNO. The maximum Gasteiger partial charge on any atom is 0.147 e. The summed E-state index contributed by atoms with van der Waals surface area (Å²) in [6.07, 6.45) is 0.328. The molecule has 0 saturated heterocycles. The summed E-state index contributed by atoms with van der Waals surface area (Å²) in [5.41, 5.74) is 2.44. The zero-order chi connectivity index (χ0) is 10.6. The summed E-state index contributed by atoms with van der Waals surface area (Å²) in [4.78, 5) is 11.2. The van der Waals surface area contributed by atoms with Gasteiger partial charge in [-0.1, -0.05) is 28.1 Å². The normalized spacial score (nSPS) is 9.50.